The van der Waals surface area contributed by atoms with Gasteiger partial charge in [-0.2, -0.15) is 0 Å². The summed E-state index contributed by atoms with van der Waals surface area (Å²) in [6.45, 7) is 1.65. The van der Waals surface area contributed by atoms with E-state index in [0.29, 0.717) is 5.92 Å². The van der Waals surface area contributed by atoms with Gasteiger partial charge in [-0.1, -0.05) is 6.42 Å². The normalized spacial score (nSPS) is 17.9. The Balaban J connectivity index is 2.24. The van der Waals surface area contributed by atoms with Crippen molar-refractivity contribution in [2.24, 2.45) is 0 Å². The van der Waals surface area contributed by atoms with E-state index in [0.717, 1.165) is 18.5 Å². The van der Waals surface area contributed by atoms with Gasteiger partial charge in [-0.15, -0.1) is 0 Å². The summed E-state index contributed by atoms with van der Waals surface area (Å²) in [5.74, 6) is 0.0444. The molecule has 1 atom stereocenters. The zero-order valence-electron chi connectivity index (χ0n) is 9.53. The van der Waals surface area contributed by atoms with Gasteiger partial charge < -0.3 is 4.74 Å². The predicted molar refractivity (Wildman–Crippen MR) is 58.4 cm³/mol. The molecule has 0 aliphatic heterocycles. The molecule has 0 radical (unpaired) electrons. The highest BCUT2D eigenvalue weighted by atomic mass is 16.5. The SMILES string of the molecule is COC(=O)[C@@H](C)n1[nH]c(C2CCC2)cc1=O. The molecular formula is C11H16N2O3. The Hall–Kier alpha value is -1.52. The quantitative estimate of drug-likeness (QED) is 0.784. The molecule has 1 aliphatic rings. The number of nitrogens with zero attached hydrogens (tertiary/aromatic N) is 1. The maximum atomic E-state index is 11.7. The number of hydrogen-bond acceptors (Lipinski definition) is 3. The number of aromatic nitrogens is 2. The monoisotopic (exact) mass is 224 g/mol. The summed E-state index contributed by atoms with van der Waals surface area (Å²) in [7, 11) is 1.32. The summed E-state index contributed by atoms with van der Waals surface area (Å²) >= 11 is 0. The number of methoxy groups -OCH3 is 1. The van der Waals surface area contributed by atoms with Crippen LogP contribution in [0.15, 0.2) is 10.9 Å². The minimum Gasteiger partial charge on any atom is -0.467 e. The van der Waals surface area contributed by atoms with Crippen molar-refractivity contribution >= 4 is 5.97 Å². The fourth-order valence-electron chi connectivity index (χ4n) is 1.92. The lowest BCUT2D eigenvalue weighted by atomic mass is 9.83. The molecule has 5 heteroatoms. The molecule has 1 fully saturated rings. The first-order chi connectivity index (χ1) is 7.63. The number of esters is 1. The number of ether oxygens (including phenoxy) is 1. The molecule has 1 aromatic rings. The van der Waals surface area contributed by atoms with Crippen LogP contribution in [0.2, 0.25) is 0 Å². The first-order valence-electron chi connectivity index (χ1n) is 5.52. The van der Waals surface area contributed by atoms with Crippen LogP contribution >= 0.6 is 0 Å². The highest BCUT2D eigenvalue weighted by molar-refractivity contribution is 5.73. The Bertz CT molecular complexity index is 442. The average Bonchev–Trinajstić information content (AvgIpc) is 2.55. The smallest absolute Gasteiger partial charge is 0.330 e. The number of rotatable bonds is 3. The standard InChI is InChI=1S/C11H16N2O3/c1-7(11(15)16-2)13-10(14)6-9(12-13)8-4-3-5-8/h6-8,12H,3-5H2,1-2H3/t7-/m1/s1. The summed E-state index contributed by atoms with van der Waals surface area (Å²) in [5.41, 5.74) is 0.770. The number of aromatic amines is 1. The van der Waals surface area contributed by atoms with E-state index in [4.69, 9.17) is 0 Å². The number of H-pyrrole nitrogens is 1. The second-order valence-corrected chi connectivity index (χ2v) is 4.25. The molecule has 88 valence electrons. The van der Waals surface area contributed by atoms with Gasteiger partial charge in [0.2, 0.25) is 0 Å². The number of carbonyl (C=O) groups excluding carboxylic acids is 1. The van der Waals surface area contributed by atoms with Crippen LogP contribution in [-0.4, -0.2) is 22.9 Å². The Morgan fingerprint density at radius 1 is 1.62 bits per heavy atom. The van der Waals surface area contributed by atoms with E-state index < -0.39 is 12.0 Å². The number of hydrogen-bond donors (Lipinski definition) is 1. The molecule has 0 amide bonds. The van der Waals surface area contributed by atoms with E-state index >= 15 is 0 Å². The summed E-state index contributed by atoms with van der Waals surface area (Å²) in [6.07, 6.45) is 3.45. The van der Waals surface area contributed by atoms with Crippen LogP contribution in [0.25, 0.3) is 0 Å². The van der Waals surface area contributed by atoms with Crippen LogP contribution in [0.4, 0.5) is 0 Å². The Kier molecular flexibility index (Phi) is 2.85. The third-order valence-corrected chi connectivity index (χ3v) is 3.24. The van der Waals surface area contributed by atoms with Crippen molar-refractivity contribution in [2.75, 3.05) is 7.11 Å². The molecule has 2 rings (SSSR count). The van der Waals surface area contributed by atoms with E-state index in [2.05, 4.69) is 9.84 Å². The second-order valence-electron chi connectivity index (χ2n) is 4.25. The third kappa shape index (κ3) is 1.77. The van der Waals surface area contributed by atoms with Gasteiger partial charge in [0.25, 0.3) is 5.56 Å². The minimum absolute atomic E-state index is 0.167. The maximum absolute atomic E-state index is 11.7. The van der Waals surface area contributed by atoms with Crippen molar-refractivity contribution in [3.63, 3.8) is 0 Å². The van der Waals surface area contributed by atoms with Crippen LogP contribution in [0.3, 0.4) is 0 Å². The molecule has 0 unspecified atom stereocenters. The van der Waals surface area contributed by atoms with Crippen molar-refractivity contribution < 1.29 is 9.53 Å². The van der Waals surface area contributed by atoms with Gasteiger partial charge in [0, 0.05) is 17.7 Å². The molecule has 1 heterocycles. The topological polar surface area (TPSA) is 64.1 Å². The van der Waals surface area contributed by atoms with E-state index in [-0.39, 0.29) is 5.56 Å². The predicted octanol–water partition coefficient (Wildman–Crippen LogP) is 1.18. The molecule has 1 saturated carbocycles. The molecule has 5 nitrogen and oxygen atoms in total. The van der Waals surface area contributed by atoms with Crippen LogP contribution in [0, 0.1) is 0 Å². The molecule has 0 spiro atoms. The molecule has 0 aromatic carbocycles. The minimum atomic E-state index is -0.591. The van der Waals surface area contributed by atoms with Gasteiger partial charge in [-0.3, -0.25) is 9.89 Å². The van der Waals surface area contributed by atoms with Gasteiger partial charge in [0.05, 0.1) is 7.11 Å². The van der Waals surface area contributed by atoms with E-state index in [9.17, 15) is 9.59 Å². The van der Waals surface area contributed by atoms with Crippen LogP contribution in [0.1, 0.15) is 43.8 Å². The Morgan fingerprint density at radius 3 is 2.81 bits per heavy atom. The highest BCUT2D eigenvalue weighted by Gasteiger charge is 2.24. The van der Waals surface area contributed by atoms with Gasteiger partial charge in [0.1, 0.15) is 6.04 Å². The fraction of sp³-hybridized carbons (Fsp3) is 0.636. The van der Waals surface area contributed by atoms with Crippen molar-refractivity contribution in [1.82, 2.24) is 9.78 Å². The lowest BCUT2D eigenvalue weighted by Crippen LogP contribution is -2.27. The molecule has 1 N–H and O–H groups in total. The summed E-state index contributed by atoms with van der Waals surface area (Å²) in [5, 5.41) is 3.00. The number of carbonyl (C=O) groups is 1. The molecule has 16 heavy (non-hydrogen) atoms. The molecule has 0 saturated heterocycles. The van der Waals surface area contributed by atoms with Gasteiger partial charge in [0.15, 0.2) is 0 Å². The van der Waals surface area contributed by atoms with Gasteiger partial charge >= 0.3 is 5.97 Å². The first kappa shape index (κ1) is 11.0. The lowest BCUT2D eigenvalue weighted by molar-refractivity contribution is -0.144. The largest absolute Gasteiger partial charge is 0.467 e. The summed E-state index contributed by atoms with van der Waals surface area (Å²) < 4.78 is 5.95. The van der Waals surface area contributed by atoms with Crippen molar-refractivity contribution in [3.05, 3.63) is 22.1 Å². The van der Waals surface area contributed by atoms with Crippen molar-refractivity contribution in [3.8, 4) is 0 Å². The zero-order chi connectivity index (χ0) is 11.7. The molecule has 0 bridgehead atoms. The lowest BCUT2D eigenvalue weighted by Gasteiger charge is -2.23. The zero-order valence-corrected chi connectivity index (χ0v) is 9.53. The van der Waals surface area contributed by atoms with Crippen LogP contribution in [-0.2, 0) is 9.53 Å². The molecule has 1 aromatic heterocycles. The summed E-state index contributed by atoms with van der Waals surface area (Å²) in [6, 6.07) is 0.995. The van der Waals surface area contributed by atoms with Crippen molar-refractivity contribution in [1.29, 1.82) is 0 Å². The third-order valence-electron chi connectivity index (χ3n) is 3.24. The van der Waals surface area contributed by atoms with Crippen molar-refractivity contribution in [2.45, 2.75) is 38.1 Å². The summed E-state index contributed by atoms with van der Waals surface area (Å²) in [4.78, 5) is 23.0. The average molecular weight is 224 g/mol. The van der Waals surface area contributed by atoms with Crippen LogP contribution < -0.4 is 5.56 Å². The number of nitrogens with one attached hydrogen (secondary N) is 1. The fourth-order valence-corrected chi connectivity index (χ4v) is 1.92. The first-order valence-corrected chi connectivity index (χ1v) is 5.52. The van der Waals surface area contributed by atoms with Gasteiger partial charge in [-0.05, 0) is 19.8 Å². The van der Waals surface area contributed by atoms with E-state index in [1.807, 2.05) is 0 Å². The van der Waals surface area contributed by atoms with Crippen LogP contribution in [0.5, 0.6) is 0 Å². The second kappa shape index (κ2) is 4.15. The molecule has 1 aliphatic carbocycles. The highest BCUT2D eigenvalue weighted by Crippen LogP contribution is 2.34. The Morgan fingerprint density at radius 2 is 2.31 bits per heavy atom. The van der Waals surface area contributed by atoms with Gasteiger partial charge in [-0.25, -0.2) is 9.48 Å². The van der Waals surface area contributed by atoms with E-state index in [1.54, 1.807) is 13.0 Å². The van der Waals surface area contributed by atoms with E-state index in [1.165, 1.54) is 18.2 Å². The Labute approximate surface area is 93.4 Å². The maximum Gasteiger partial charge on any atom is 0.330 e. The molecular weight excluding hydrogens is 208 g/mol.